The maximum Gasteiger partial charge on any atom is 0.225 e. The van der Waals surface area contributed by atoms with Crippen LogP contribution in [0.5, 0.6) is 0 Å². The summed E-state index contributed by atoms with van der Waals surface area (Å²) in [7, 11) is -1.17. The predicted molar refractivity (Wildman–Crippen MR) is 93.1 cm³/mol. The Morgan fingerprint density at radius 2 is 2.08 bits per heavy atom. The largest absolute Gasteiger partial charge is 0.420 e. The SMILES string of the molecule is C[C@@H](C(=O)c1c[nH]nn1)[C@@H]1NC(=O)[C@H]1[C@@H](CO[SiH](C)C)C(C)(C)C. The molecule has 0 spiro atoms. The van der Waals surface area contributed by atoms with Crippen LogP contribution in [0.3, 0.4) is 0 Å². The zero-order chi connectivity index (χ0) is 18.1. The maximum absolute atomic E-state index is 12.5. The van der Waals surface area contributed by atoms with Crippen molar-refractivity contribution < 1.29 is 14.0 Å². The van der Waals surface area contributed by atoms with Crippen LogP contribution in [-0.4, -0.2) is 48.8 Å². The van der Waals surface area contributed by atoms with Crippen molar-refractivity contribution in [2.24, 2.45) is 23.2 Å². The first kappa shape index (κ1) is 18.8. The fraction of sp³-hybridized carbons (Fsp3) is 0.750. The number of nitrogens with one attached hydrogen (secondary N) is 2. The molecule has 1 aliphatic heterocycles. The highest BCUT2D eigenvalue weighted by Crippen LogP contribution is 2.40. The first-order valence-electron chi connectivity index (χ1n) is 8.45. The van der Waals surface area contributed by atoms with Crippen molar-refractivity contribution in [1.29, 1.82) is 0 Å². The number of nitrogens with zero attached hydrogens (tertiary/aromatic N) is 2. The van der Waals surface area contributed by atoms with Gasteiger partial charge in [0.05, 0.1) is 18.2 Å². The minimum Gasteiger partial charge on any atom is -0.420 e. The van der Waals surface area contributed by atoms with Crippen molar-refractivity contribution >= 4 is 20.7 Å². The Kier molecular flexibility index (Phi) is 5.59. The lowest BCUT2D eigenvalue weighted by Gasteiger charge is -2.48. The third kappa shape index (κ3) is 3.92. The number of carbonyl (C=O) groups excluding carboxylic acids is 2. The van der Waals surface area contributed by atoms with E-state index in [0.717, 1.165) is 0 Å². The fourth-order valence-corrected chi connectivity index (χ4v) is 3.79. The van der Waals surface area contributed by atoms with E-state index in [-0.39, 0.29) is 40.9 Å². The van der Waals surface area contributed by atoms with E-state index in [1.165, 1.54) is 6.20 Å². The highest BCUT2D eigenvalue weighted by molar-refractivity contribution is 6.48. The lowest BCUT2D eigenvalue weighted by atomic mass is 9.64. The molecule has 0 saturated carbocycles. The number of rotatable bonds is 7. The smallest absolute Gasteiger partial charge is 0.225 e. The van der Waals surface area contributed by atoms with Crippen LogP contribution in [0.2, 0.25) is 13.1 Å². The molecule has 0 bridgehead atoms. The van der Waals surface area contributed by atoms with E-state index in [1.54, 1.807) is 0 Å². The average molecular weight is 353 g/mol. The Morgan fingerprint density at radius 3 is 2.54 bits per heavy atom. The van der Waals surface area contributed by atoms with Gasteiger partial charge in [0.1, 0.15) is 5.69 Å². The molecule has 2 N–H and O–H groups in total. The highest BCUT2D eigenvalue weighted by atomic mass is 28.3. The molecule has 24 heavy (non-hydrogen) atoms. The molecule has 2 rings (SSSR count). The Morgan fingerprint density at radius 1 is 1.42 bits per heavy atom. The van der Waals surface area contributed by atoms with E-state index < -0.39 is 9.04 Å². The van der Waals surface area contributed by atoms with Crippen molar-refractivity contribution in [3.63, 3.8) is 0 Å². The van der Waals surface area contributed by atoms with Gasteiger partial charge >= 0.3 is 0 Å². The minimum atomic E-state index is -1.17. The Hall–Kier alpha value is -1.54. The molecule has 1 saturated heterocycles. The van der Waals surface area contributed by atoms with Gasteiger partial charge in [-0.3, -0.25) is 14.7 Å². The van der Waals surface area contributed by atoms with E-state index in [0.29, 0.717) is 12.3 Å². The van der Waals surface area contributed by atoms with Gasteiger partial charge in [-0.05, 0) is 24.4 Å². The summed E-state index contributed by atoms with van der Waals surface area (Å²) >= 11 is 0. The first-order chi connectivity index (χ1) is 11.1. The van der Waals surface area contributed by atoms with Crippen LogP contribution in [0, 0.1) is 23.2 Å². The van der Waals surface area contributed by atoms with Gasteiger partial charge in [-0.2, -0.15) is 0 Å². The van der Waals surface area contributed by atoms with Gasteiger partial charge in [0.15, 0.2) is 14.8 Å². The Balaban J connectivity index is 2.16. The van der Waals surface area contributed by atoms with Gasteiger partial charge in [0.2, 0.25) is 5.91 Å². The predicted octanol–water partition coefficient (Wildman–Crippen LogP) is 1.40. The number of hydrogen-bond donors (Lipinski definition) is 2. The topological polar surface area (TPSA) is 97.0 Å². The number of amides is 1. The first-order valence-corrected chi connectivity index (χ1v) is 11.2. The number of hydrogen-bond acceptors (Lipinski definition) is 5. The summed E-state index contributed by atoms with van der Waals surface area (Å²) in [6.07, 6.45) is 1.49. The molecular formula is C16H28N4O3Si. The highest BCUT2D eigenvalue weighted by Gasteiger charge is 2.51. The quantitative estimate of drug-likeness (QED) is 0.439. The Bertz CT molecular complexity index is 583. The van der Waals surface area contributed by atoms with Crippen LogP contribution in [0.4, 0.5) is 0 Å². The standard InChI is InChI=1S/C16H28N4O3Si/c1-9(14(21)11-7-17-20-19-11)13-12(15(22)18-13)10(16(2,3)4)8-23-24(5)6/h7,9-10,12-13,24H,8H2,1-6H3,(H,18,22)(H,17,19,20)/t9-,10-,12+,13+/m1/s1. The number of H-pyrrole nitrogens is 1. The summed E-state index contributed by atoms with van der Waals surface area (Å²) < 4.78 is 5.94. The summed E-state index contributed by atoms with van der Waals surface area (Å²) in [5, 5.41) is 12.8. The Labute approximate surface area is 144 Å². The third-order valence-electron chi connectivity index (χ3n) is 4.77. The van der Waals surface area contributed by atoms with Crippen molar-refractivity contribution in [3.05, 3.63) is 11.9 Å². The second-order valence-electron chi connectivity index (χ2n) is 7.93. The minimum absolute atomic E-state index is 0.00810. The summed E-state index contributed by atoms with van der Waals surface area (Å²) in [5.41, 5.74) is 0.223. The molecule has 4 atom stereocenters. The lowest BCUT2D eigenvalue weighted by molar-refractivity contribution is -0.143. The van der Waals surface area contributed by atoms with Gasteiger partial charge in [-0.15, -0.1) is 5.10 Å². The molecule has 1 fully saturated rings. The molecule has 0 unspecified atom stereocenters. The van der Waals surface area contributed by atoms with Crippen LogP contribution >= 0.6 is 0 Å². The van der Waals surface area contributed by atoms with Crippen molar-refractivity contribution in [3.8, 4) is 0 Å². The van der Waals surface area contributed by atoms with Gasteiger partial charge in [0, 0.05) is 12.5 Å². The summed E-state index contributed by atoms with van der Waals surface area (Å²) in [5.74, 6) is -0.597. The van der Waals surface area contributed by atoms with Gasteiger partial charge in [0.25, 0.3) is 0 Å². The van der Waals surface area contributed by atoms with Gasteiger partial charge in [-0.1, -0.05) is 32.9 Å². The molecular weight excluding hydrogens is 324 g/mol. The van der Waals surface area contributed by atoms with E-state index in [1.807, 2.05) is 6.92 Å². The lowest BCUT2D eigenvalue weighted by Crippen LogP contribution is -2.66. The summed E-state index contributed by atoms with van der Waals surface area (Å²) in [4.78, 5) is 24.8. The molecule has 0 aliphatic carbocycles. The number of aromatic amines is 1. The zero-order valence-electron chi connectivity index (χ0n) is 15.3. The second-order valence-corrected chi connectivity index (χ2v) is 10.4. The maximum atomic E-state index is 12.5. The molecule has 1 aromatic rings. The summed E-state index contributed by atoms with van der Waals surface area (Å²) in [6.45, 7) is 13.0. The van der Waals surface area contributed by atoms with E-state index in [2.05, 4.69) is 54.6 Å². The van der Waals surface area contributed by atoms with Crippen LogP contribution in [0.1, 0.15) is 38.2 Å². The van der Waals surface area contributed by atoms with Gasteiger partial charge in [-0.25, -0.2) is 0 Å². The molecule has 1 amide bonds. The summed E-state index contributed by atoms with van der Waals surface area (Å²) in [6, 6.07) is -0.191. The van der Waals surface area contributed by atoms with E-state index >= 15 is 0 Å². The van der Waals surface area contributed by atoms with Crippen LogP contribution in [0.25, 0.3) is 0 Å². The van der Waals surface area contributed by atoms with Crippen LogP contribution in [0.15, 0.2) is 6.20 Å². The van der Waals surface area contributed by atoms with Crippen molar-refractivity contribution in [1.82, 2.24) is 20.7 Å². The molecule has 0 radical (unpaired) electrons. The molecule has 134 valence electrons. The second kappa shape index (κ2) is 7.14. The van der Waals surface area contributed by atoms with Crippen LogP contribution in [-0.2, 0) is 9.22 Å². The number of β-lactam (4-membered cyclic amide) rings is 1. The molecule has 2 heterocycles. The number of carbonyl (C=O) groups is 2. The van der Waals surface area contributed by atoms with Crippen molar-refractivity contribution in [2.45, 2.75) is 46.8 Å². The molecule has 0 aromatic carbocycles. The molecule has 1 aromatic heterocycles. The molecule has 7 nitrogen and oxygen atoms in total. The van der Waals surface area contributed by atoms with E-state index in [4.69, 9.17) is 4.43 Å². The fourth-order valence-electron chi connectivity index (χ4n) is 3.19. The van der Waals surface area contributed by atoms with Crippen LogP contribution < -0.4 is 5.32 Å². The average Bonchev–Trinajstić information content (AvgIpc) is 3.00. The monoisotopic (exact) mass is 352 g/mol. The molecule has 1 aliphatic rings. The number of aromatic nitrogens is 3. The molecule has 8 heteroatoms. The normalized spacial score (nSPS) is 23.5. The van der Waals surface area contributed by atoms with Crippen molar-refractivity contribution in [2.75, 3.05) is 6.61 Å². The third-order valence-corrected chi connectivity index (χ3v) is 5.63. The van der Waals surface area contributed by atoms with Gasteiger partial charge < -0.3 is 9.74 Å². The number of Topliss-reactive ketones (excluding diaryl/α,β-unsaturated/α-hetero) is 1. The number of ketones is 1. The zero-order valence-corrected chi connectivity index (χ0v) is 16.4. The van der Waals surface area contributed by atoms with E-state index in [9.17, 15) is 9.59 Å².